The maximum absolute atomic E-state index is 14.3. The highest BCUT2D eigenvalue weighted by Gasteiger charge is 2.63. The molecule has 6 atom stereocenters. The third kappa shape index (κ3) is 5.84. The first-order chi connectivity index (χ1) is 24.8. The van der Waals surface area contributed by atoms with E-state index in [2.05, 4.69) is 9.97 Å². The molecule has 4 amide bonds. The second-order valence-corrected chi connectivity index (χ2v) is 14.0. The maximum Gasteiger partial charge on any atom is 0.433 e. The number of amides is 4. The van der Waals surface area contributed by atoms with Crippen molar-refractivity contribution >= 4 is 58.5 Å². The Bertz CT molecular complexity index is 2100. The Hall–Kier alpha value is -4.90. The van der Waals surface area contributed by atoms with Crippen LogP contribution in [0.1, 0.15) is 35.7 Å². The molecular weight excluding hydrogens is 757 g/mol. The number of hydrazine groups is 2. The largest absolute Gasteiger partial charge is 0.508 e. The summed E-state index contributed by atoms with van der Waals surface area (Å²) in [5.41, 5.74) is -1.61. The molecule has 3 fully saturated rings. The van der Waals surface area contributed by atoms with Gasteiger partial charge in [0.1, 0.15) is 17.1 Å². The number of phenols is 1. The first-order valence-corrected chi connectivity index (χ1v) is 16.8. The normalized spacial score (nSPS) is 25.7. The van der Waals surface area contributed by atoms with E-state index in [0.717, 1.165) is 22.2 Å². The number of anilines is 2. The number of phenolic OH excluding ortho intramolecular Hbond substituents is 1. The molecular formula is C34H26Cl2F6N6O5. The second kappa shape index (κ2) is 12.6. The fraction of sp³-hybridized carbons (Fsp3) is 0.353. The molecule has 11 nitrogen and oxygen atoms in total. The summed E-state index contributed by atoms with van der Waals surface area (Å²) in [6.07, 6.45) is -8.16. The van der Waals surface area contributed by atoms with Crippen molar-refractivity contribution in [3.63, 3.8) is 0 Å². The van der Waals surface area contributed by atoms with Crippen LogP contribution in [-0.2, 0) is 31.5 Å². The molecule has 0 radical (unpaired) electrons. The van der Waals surface area contributed by atoms with Gasteiger partial charge >= 0.3 is 12.4 Å². The first-order valence-electron chi connectivity index (χ1n) is 16.0. The maximum atomic E-state index is 14.3. The van der Waals surface area contributed by atoms with Crippen LogP contribution in [0.3, 0.4) is 0 Å². The smallest absolute Gasteiger partial charge is 0.433 e. The third-order valence-corrected chi connectivity index (χ3v) is 10.9. The number of nitrogens with zero attached hydrogens (tertiary/aromatic N) is 6. The topological polar surface area (TPSA) is 127 Å². The van der Waals surface area contributed by atoms with Crippen LogP contribution in [0.2, 0.25) is 10.0 Å². The van der Waals surface area contributed by atoms with Gasteiger partial charge in [-0.2, -0.15) is 36.4 Å². The van der Waals surface area contributed by atoms with Gasteiger partial charge in [0.05, 0.1) is 33.7 Å². The van der Waals surface area contributed by atoms with Crippen molar-refractivity contribution in [3.8, 4) is 5.75 Å². The Labute approximate surface area is 306 Å². The molecule has 1 aromatic carbocycles. The molecule has 0 bridgehead atoms. The minimum absolute atomic E-state index is 0.00332. The molecule has 0 spiro atoms. The van der Waals surface area contributed by atoms with E-state index in [0.29, 0.717) is 33.3 Å². The fourth-order valence-corrected chi connectivity index (χ4v) is 8.48. The summed E-state index contributed by atoms with van der Waals surface area (Å²) in [6, 6.07) is 8.98. The van der Waals surface area contributed by atoms with Crippen LogP contribution in [0.25, 0.3) is 0 Å². The number of fused-ring (bicyclic) bond motifs is 4. The summed E-state index contributed by atoms with van der Waals surface area (Å²) in [5, 5.41) is 12.6. The van der Waals surface area contributed by atoms with E-state index in [1.165, 1.54) is 38.4 Å². The van der Waals surface area contributed by atoms with E-state index in [1.54, 1.807) is 6.08 Å². The molecule has 6 unspecified atom stereocenters. The summed E-state index contributed by atoms with van der Waals surface area (Å²) in [4.78, 5) is 63.8. The molecule has 4 heterocycles. The highest BCUT2D eigenvalue weighted by Crippen LogP contribution is 2.58. The van der Waals surface area contributed by atoms with Crippen LogP contribution in [0, 0.1) is 29.6 Å². The highest BCUT2D eigenvalue weighted by molar-refractivity contribution is 6.33. The number of benzene rings is 1. The second-order valence-electron chi connectivity index (χ2n) is 13.1. The minimum atomic E-state index is -4.87. The van der Waals surface area contributed by atoms with Crippen LogP contribution in [0.5, 0.6) is 5.75 Å². The number of allylic oxidation sites excluding steroid dienone is 2. The monoisotopic (exact) mass is 782 g/mol. The standard InChI is InChI=1S/C34H26Cl2F6N6O5/c1-45(27-20(35)9-11-22(43-27)33(37,38)39)47-29(50)17-8-7-16-18(25(17)31(47)52)13-19-26(24(16)14-3-5-15(49)6-4-14)32(53)48(30(19)51)46(2)28-21(36)10-12-23(44-28)34(40,41)42/h3-7,9-12,17-19,24-26,49H,8,13H2,1-2H3. The molecule has 2 saturated heterocycles. The van der Waals surface area contributed by atoms with Crippen molar-refractivity contribution < 1.29 is 50.6 Å². The van der Waals surface area contributed by atoms with E-state index in [-0.39, 0.29) is 28.6 Å². The van der Waals surface area contributed by atoms with E-state index < -0.39 is 94.5 Å². The zero-order valence-corrected chi connectivity index (χ0v) is 28.9. The molecule has 2 aliphatic carbocycles. The molecule has 1 saturated carbocycles. The number of halogens is 8. The number of rotatable bonds is 5. The van der Waals surface area contributed by atoms with Crippen LogP contribution in [-0.4, -0.2) is 62.8 Å². The Kier molecular flexibility index (Phi) is 8.67. The van der Waals surface area contributed by atoms with Crippen molar-refractivity contribution in [2.24, 2.45) is 29.6 Å². The van der Waals surface area contributed by atoms with Gasteiger partial charge in [0.25, 0.3) is 23.6 Å². The fourth-order valence-electron chi connectivity index (χ4n) is 8.03. The Morgan fingerprint density at radius 3 is 1.64 bits per heavy atom. The average Bonchev–Trinajstić information content (AvgIpc) is 3.50. The number of imide groups is 2. The Morgan fingerprint density at radius 1 is 0.679 bits per heavy atom. The van der Waals surface area contributed by atoms with Crippen LogP contribution in [0.15, 0.2) is 60.2 Å². The lowest BCUT2D eigenvalue weighted by Gasteiger charge is -2.43. The van der Waals surface area contributed by atoms with Gasteiger partial charge in [-0.1, -0.05) is 47.0 Å². The quantitative estimate of drug-likeness (QED) is 0.181. The van der Waals surface area contributed by atoms with Gasteiger partial charge in [-0.3, -0.25) is 29.2 Å². The van der Waals surface area contributed by atoms with Gasteiger partial charge in [-0.25, -0.2) is 9.97 Å². The SMILES string of the molecule is CN(c1nc(C(F)(F)F)ccc1Cl)N1C(=O)C2CC=C3C(CC4C(=O)N(N(C)c5nc(C(F)(F)F)ccc5Cl)C(=O)C4C3c3ccc(O)cc3)C2C1=O. The molecule has 19 heteroatoms. The number of carbonyl (C=O) groups is 4. The van der Waals surface area contributed by atoms with E-state index in [9.17, 15) is 50.6 Å². The zero-order valence-electron chi connectivity index (χ0n) is 27.4. The van der Waals surface area contributed by atoms with Crippen molar-refractivity contribution in [2.75, 3.05) is 24.1 Å². The summed E-state index contributed by atoms with van der Waals surface area (Å²) in [6.45, 7) is 0. The molecule has 2 aliphatic heterocycles. The molecule has 2 aromatic heterocycles. The summed E-state index contributed by atoms with van der Waals surface area (Å²) >= 11 is 12.4. The lowest BCUT2D eigenvalue weighted by Crippen LogP contribution is -2.46. The number of hydrogen-bond donors (Lipinski definition) is 1. The zero-order chi connectivity index (χ0) is 38.5. The molecule has 3 aromatic rings. The van der Waals surface area contributed by atoms with Crippen LogP contribution in [0.4, 0.5) is 38.0 Å². The van der Waals surface area contributed by atoms with Gasteiger partial charge in [0.2, 0.25) is 0 Å². The Morgan fingerprint density at radius 2 is 1.15 bits per heavy atom. The molecule has 1 N–H and O–H groups in total. The van der Waals surface area contributed by atoms with E-state index >= 15 is 0 Å². The first kappa shape index (κ1) is 36.5. The lowest BCUT2D eigenvalue weighted by molar-refractivity contribution is -0.143. The van der Waals surface area contributed by atoms with E-state index in [1.807, 2.05) is 0 Å². The summed E-state index contributed by atoms with van der Waals surface area (Å²) in [5.74, 6) is -10.4. The summed E-state index contributed by atoms with van der Waals surface area (Å²) in [7, 11) is 2.34. The molecule has 53 heavy (non-hydrogen) atoms. The average molecular weight is 784 g/mol. The number of aromatic hydroxyl groups is 1. The van der Waals surface area contributed by atoms with Gasteiger partial charge in [0.15, 0.2) is 11.6 Å². The van der Waals surface area contributed by atoms with Crippen molar-refractivity contribution in [1.29, 1.82) is 0 Å². The number of carbonyl (C=O) groups excluding carboxylic acids is 4. The van der Waals surface area contributed by atoms with Gasteiger partial charge in [-0.15, -0.1) is 0 Å². The molecule has 7 rings (SSSR count). The number of hydrogen-bond acceptors (Lipinski definition) is 9. The number of alkyl halides is 6. The lowest BCUT2D eigenvalue weighted by atomic mass is 9.57. The van der Waals surface area contributed by atoms with Crippen molar-refractivity contribution in [3.05, 3.63) is 87.2 Å². The predicted molar refractivity (Wildman–Crippen MR) is 175 cm³/mol. The van der Waals surface area contributed by atoms with Gasteiger partial charge < -0.3 is 5.11 Å². The third-order valence-electron chi connectivity index (χ3n) is 10.3. The number of pyridine rings is 2. The number of aromatic nitrogens is 2. The van der Waals surface area contributed by atoms with Crippen molar-refractivity contribution in [2.45, 2.75) is 31.1 Å². The van der Waals surface area contributed by atoms with Crippen molar-refractivity contribution in [1.82, 2.24) is 20.0 Å². The Balaban J connectivity index is 1.28. The minimum Gasteiger partial charge on any atom is -0.508 e. The van der Waals surface area contributed by atoms with Gasteiger partial charge in [-0.05, 0) is 60.7 Å². The summed E-state index contributed by atoms with van der Waals surface area (Å²) < 4.78 is 81.4. The highest BCUT2D eigenvalue weighted by atomic mass is 35.5. The van der Waals surface area contributed by atoms with Crippen LogP contribution >= 0.6 is 23.2 Å². The predicted octanol–water partition coefficient (Wildman–Crippen LogP) is 6.27. The van der Waals surface area contributed by atoms with E-state index in [4.69, 9.17) is 23.2 Å². The molecule has 4 aliphatic rings. The van der Waals surface area contributed by atoms with Gasteiger partial charge in [0, 0.05) is 20.0 Å². The molecule has 278 valence electrons. The van der Waals surface area contributed by atoms with Crippen LogP contribution < -0.4 is 10.0 Å².